The quantitative estimate of drug-likeness (QED) is 0.605. The van der Waals surface area contributed by atoms with Crippen LogP contribution in [0.15, 0.2) is 30.6 Å². The second-order valence-electron chi connectivity index (χ2n) is 3.75. The van der Waals surface area contributed by atoms with E-state index >= 15 is 0 Å². The van der Waals surface area contributed by atoms with Crippen molar-refractivity contribution in [2.24, 2.45) is 5.84 Å². The van der Waals surface area contributed by atoms with Crippen LogP contribution in [0.3, 0.4) is 0 Å². The smallest absolute Gasteiger partial charge is 0.240 e. The molecule has 0 amide bonds. The molecule has 6 nitrogen and oxygen atoms in total. The van der Waals surface area contributed by atoms with Crippen molar-refractivity contribution in [3.63, 3.8) is 0 Å². The van der Waals surface area contributed by atoms with Gasteiger partial charge in [-0.15, -0.1) is 0 Å². The van der Waals surface area contributed by atoms with Gasteiger partial charge in [-0.2, -0.15) is 4.98 Å². The highest BCUT2D eigenvalue weighted by molar-refractivity contribution is 5.31. The summed E-state index contributed by atoms with van der Waals surface area (Å²) in [5.74, 6) is 6.13. The third kappa shape index (κ3) is 3.14. The molecular weight excluding hydrogens is 230 g/mol. The number of rotatable bonds is 5. The van der Waals surface area contributed by atoms with E-state index < -0.39 is 0 Å². The first kappa shape index (κ1) is 12.3. The van der Waals surface area contributed by atoms with Crippen molar-refractivity contribution in [2.75, 3.05) is 12.0 Å². The Morgan fingerprint density at radius 3 is 2.94 bits per heavy atom. The Hall–Kier alpha value is -2.21. The summed E-state index contributed by atoms with van der Waals surface area (Å²) in [7, 11) is 0. The monoisotopic (exact) mass is 245 g/mol. The summed E-state index contributed by atoms with van der Waals surface area (Å²) in [4.78, 5) is 12.3. The summed E-state index contributed by atoms with van der Waals surface area (Å²) in [6, 6.07) is 5.80. The van der Waals surface area contributed by atoms with Crippen LogP contribution < -0.4 is 16.0 Å². The first-order valence-electron chi connectivity index (χ1n) is 5.62. The number of nitrogen functional groups attached to an aromatic ring is 1. The molecule has 2 aromatic rings. The second kappa shape index (κ2) is 5.92. The molecule has 2 aromatic heterocycles. The van der Waals surface area contributed by atoms with Crippen LogP contribution in [0.5, 0.6) is 5.88 Å². The van der Waals surface area contributed by atoms with Gasteiger partial charge in [-0.1, -0.05) is 6.07 Å². The van der Waals surface area contributed by atoms with Crippen molar-refractivity contribution in [2.45, 2.75) is 13.3 Å². The number of nitrogens with two attached hydrogens (primary N) is 1. The van der Waals surface area contributed by atoms with Crippen molar-refractivity contribution < 1.29 is 4.74 Å². The number of hydrogen-bond donors (Lipinski definition) is 2. The van der Waals surface area contributed by atoms with Gasteiger partial charge in [0.15, 0.2) is 0 Å². The molecule has 2 rings (SSSR count). The molecule has 0 saturated carbocycles. The van der Waals surface area contributed by atoms with Gasteiger partial charge in [-0.25, -0.2) is 10.8 Å². The van der Waals surface area contributed by atoms with Gasteiger partial charge in [0.25, 0.3) is 0 Å². The fourth-order valence-corrected chi connectivity index (χ4v) is 1.44. The lowest BCUT2D eigenvalue weighted by atomic mass is 10.3. The van der Waals surface area contributed by atoms with Crippen molar-refractivity contribution >= 4 is 5.95 Å². The SMILES string of the molecule is Cc1cnc(NN)nc1OCCc1ccccn1. The number of hydrogen-bond acceptors (Lipinski definition) is 6. The van der Waals surface area contributed by atoms with E-state index in [0.29, 0.717) is 18.4 Å². The number of aromatic nitrogens is 3. The molecule has 18 heavy (non-hydrogen) atoms. The van der Waals surface area contributed by atoms with Crippen LogP contribution in [-0.4, -0.2) is 21.6 Å². The Kier molecular flexibility index (Phi) is 4.03. The molecule has 0 bridgehead atoms. The Morgan fingerprint density at radius 1 is 1.33 bits per heavy atom. The zero-order valence-electron chi connectivity index (χ0n) is 10.1. The summed E-state index contributed by atoms with van der Waals surface area (Å²) >= 11 is 0. The van der Waals surface area contributed by atoms with E-state index in [4.69, 9.17) is 10.6 Å². The van der Waals surface area contributed by atoms with Crippen LogP contribution in [-0.2, 0) is 6.42 Å². The molecule has 0 aliphatic rings. The number of hydrazine groups is 1. The molecule has 0 unspecified atom stereocenters. The molecule has 0 fully saturated rings. The summed E-state index contributed by atoms with van der Waals surface area (Å²) in [6.07, 6.45) is 4.16. The van der Waals surface area contributed by atoms with Crippen molar-refractivity contribution in [1.82, 2.24) is 15.0 Å². The lowest BCUT2D eigenvalue weighted by Gasteiger charge is -2.08. The highest BCUT2D eigenvalue weighted by Crippen LogP contribution is 2.14. The molecule has 94 valence electrons. The third-order valence-corrected chi connectivity index (χ3v) is 2.38. The average Bonchev–Trinajstić information content (AvgIpc) is 2.42. The number of aryl methyl sites for hydroxylation is 1. The fraction of sp³-hybridized carbons (Fsp3) is 0.250. The molecule has 3 N–H and O–H groups in total. The molecule has 0 atom stereocenters. The van der Waals surface area contributed by atoms with Crippen LogP contribution >= 0.6 is 0 Å². The van der Waals surface area contributed by atoms with Crippen LogP contribution in [0.4, 0.5) is 5.95 Å². The highest BCUT2D eigenvalue weighted by Gasteiger charge is 2.04. The minimum atomic E-state index is 0.341. The minimum absolute atomic E-state index is 0.341. The molecule has 0 spiro atoms. The number of nitrogens with zero attached hydrogens (tertiary/aromatic N) is 3. The topological polar surface area (TPSA) is 86.0 Å². The number of ether oxygens (including phenoxy) is 1. The molecule has 0 aromatic carbocycles. The van der Waals surface area contributed by atoms with Crippen LogP contribution in [0.2, 0.25) is 0 Å². The largest absolute Gasteiger partial charge is 0.477 e. The maximum absolute atomic E-state index is 5.60. The van der Waals surface area contributed by atoms with Gasteiger partial charge in [0.2, 0.25) is 11.8 Å². The summed E-state index contributed by atoms with van der Waals surface area (Å²) in [5.41, 5.74) is 4.25. The van der Waals surface area contributed by atoms with Gasteiger partial charge >= 0.3 is 0 Å². The number of pyridine rings is 1. The third-order valence-electron chi connectivity index (χ3n) is 2.38. The normalized spacial score (nSPS) is 10.1. The van der Waals surface area contributed by atoms with E-state index in [9.17, 15) is 0 Å². The van der Waals surface area contributed by atoms with E-state index in [2.05, 4.69) is 20.4 Å². The molecule has 0 saturated heterocycles. The average molecular weight is 245 g/mol. The molecule has 6 heteroatoms. The number of nitrogens with one attached hydrogen (secondary N) is 1. The lowest BCUT2D eigenvalue weighted by molar-refractivity contribution is 0.305. The summed E-state index contributed by atoms with van der Waals surface area (Å²) in [5, 5.41) is 0. The van der Waals surface area contributed by atoms with Crippen LogP contribution in [0.1, 0.15) is 11.3 Å². The molecule has 0 radical (unpaired) electrons. The Balaban J connectivity index is 1.94. The van der Waals surface area contributed by atoms with E-state index in [1.807, 2.05) is 25.1 Å². The minimum Gasteiger partial charge on any atom is -0.477 e. The van der Waals surface area contributed by atoms with Crippen molar-refractivity contribution in [3.8, 4) is 5.88 Å². The molecular formula is C12H15N5O. The van der Waals surface area contributed by atoms with Gasteiger partial charge in [-0.3, -0.25) is 10.4 Å². The fourth-order valence-electron chi connectivity index (χ4n) is 1.44. The van der Waals surface area contributed by atoms with E-state index in [0.717, 1.165) is 17.7 Å². The van der Waals surface area contributed by atoms with Gasteiger partial charge in [0.05, 0.1) is 6.61 Å². The number of anilines is 1. The first-order valence-corrected chi connectivity index (χ1v) is 5.62. The zero-order valence-corrected chi connectivity index (χ0v) is 10.1. The summed E-state index contributed by atoms with van der Waals surface area (Å²) < 4.78 is 5.60. The standard InChI is InChI=1S/C12H15N5O/c1-9-8-15-12(17-13)16-11(9)18-7-5-10-4-2-3-6-14-10/h2-4,6,8H,5,7,13H2,1H3,(H,15,16,17). The zero-order chi connectivity index (χ0) is 12.8. The maximum atomic E-state index is 5.60. The Bertz CT molecular complexity index is 503. The predicted molar refractivity (Wildman–Crippen MR) is 68.0 cm³/mol. The molecule has 0 aliphatic heterocycles. The molecule has 2 heterocycles. The maximum Gasteiger partial charge on any atom is 0.240 e. The van der Waals surface area contributed by atoms with Gasteiger partial charge in [-0.05, 0) is 19.1 Å². The Labute approximate surface area is 105 Å². The van der Waals surface area contributed by atoms with Crippen molar-refractivity contribution in [3.05, 3.63) is 41.9 Å². The van der Waals surface area contributed by atoms with Gasteiger partial charge in [0.1, 0.15) is 0 Å². The highest BCUT2D eigenvalue weighted by atomic mass is 16.5. The van der Waals surface area contributed by atoms with E-state index in [-0.39, 0.29) is 0 Å². The Morgan fingerprint density at radius 2 is 2.22 bits per heavy atom. The molecule has 0 aliphatic carbocycles. The van der Waals surface area contributed by atoms with Crippen molar-refractivity contribution in [1.29, 1.82) is 0 Å². The second-order valence-corrected chi connectivity index (χ2v) is 3.75. The first-order chi connectivity index (χ1) is 8.79. The van der Waals surface area contributed by atoms with Gasteiger partial charge < -0.3 is 4.74 Å². The lowest BCUT2D eigenvalue weighted by Crippen LogP contribution is -2.12. The van der Waals surface area contributed by atoms with Crippen LogP contribution in [0.25, 0.3) is 0 Å². The predicted octanol–water partition coefficient (Wildman–Crippen LogP) is 1.09. The van der Waals surface area contributed by atoms with E-state index in [1.54, 1.807) is 12.4 Å². The summed E-state index contributed by atoms with van der Waals surface area (Å²) in [6.45, 7) is 2.40. The van der Waals surface area contributed by atoms with Crippen LogP contribution in [0, 0.1) is 6.92 Å². The van der Waals surface area contributed by atoms with E-state index in [1.165, 1.54) is 0 Å². The van der Waals surface area contributed by atoms with Gasteiger partial charge in [0, 0.05) is 30.1 Å².